The van der Waals surface area contributed by atoms with E-state index in [1.54, 1.807) is 18.4 Å². The van der Waals surface area contributed by atoms with E-state index in [1.165, 1.54) is 18.7 Å². The number of amides is 1. The number of sulfone groups is 1. The molecule has 0 fully saturated rings. The van der Waals surface area contributed by atoms with Gasteiger partial charge in [0.2, 0.25) is 15.0 Å². The topological polar surface area (TPSA) is 105 Å². The number of benzene rings is 2. The summed E-state index contributed by atoms with van der Waals surface area (Å²) in [5, 5.41) is 2.51. The number of rotatable bonds is 10. The molecule has 1 amide bonds. The van der Waals surface area contributed by atoms with Gasteiger partial charge in [-0.05, 0) is 66.8 Å². The molecule has 0 aliphatic carbocycles. The van der Waals surface area contributed by atoms with Crippen molar-refractivity contribution >= 4 is 27.1 Å². The summed E-state index contributed by atoms with van der Waals surface area (Å²) in [4.78, 5) is 24.0. The van der Waals surface area contributed by atoms with Crippen LogP contribution in [0.25, 0.3) is 0 Å². The van der Waals surface area contributed by atoms with E-state index in [-0.39, 0.29) is 16.6 Å². The van der Waals surface area contributed by atoms with Gasteiger partial charge in [0.25, 0.3) is 5.91 Å². The second-order valence-electron chi connectivity index (χ2n) is 9.15. The molecule has 4 rings (SSSR count). The Labute approximate surface area is 223 Å². The molecule has 0 unspecified atom stereocenters. The fraction of sp³-hybridized carbons (Fsp3) is 0.276. The summed E-state index contributed by atoms with van der Waals surface area (Å²) in [6.07, 6.45) is 3.93. The number of carbonyl (C=O) groups excluding carboxylic acids is 1. The number of furan rings is 1. The number of hydrogen-bond acceptors (Lipinski definition) is 7. The lowest BCUT2D eigenvalue weighted by atomic mass is 10.1. The summed E-state index contributed by atoms with van der Waals surface area (Å²) in [7, 11) is -3.74. The van der Waals surface area contributed by atoms with E-state index in [0.717, 1.165) is 23.1 Å². The van der Waals surface area contributed by atoms with Crippen molar-refractivity contribution < 1.29 is 17.6 Å². The molecule has 1 N–H and O–H groups in total. The maximum Gasteiger partial charge on any atom is 0.276 e. The molecule has 2 aromatic carbocycles. The minimum Gasteiger partial charge on any atom is -0.467 e. The Balaban J connectivity index is 1.78. The lowest BCUT2D eigenvalue weighted by Gasteiger charge is -2.25. The summed E-state index contributed by atoms with van der Waals surface area (Å²) in [6.45, 7) is 8.33. The van der Waals surface area contributed by atoms with Gasteiger partial charge in [0.15, 0.2) is 5.69 Å². The average molecular weight is 533 g/mol. The first kappa shape index (κ1) is 27.1. The highest BCUT2D eigenvalue weighted by atomic mass is 32.2. The van der Waals surface area contributed by atoms with Gasteiger partial charge < -0.3 is 14.6 Å². The normalized spacial score (nSPS) is 11.4. The SMILES string of the molecule is CCc1ccc(CN(Cc2ccco2)c2cnc(S(=O)(=O)CC)nc2C(=O)Nc2ccc(C)c(C)c2)cc1. The zero-order valence-corrected chi connectivity index (χ0v) is 22.9. The van der Waals surface area contributed by atoms with Crippen LogP contribution in [0, 0.1) is 13.8 Å². The van der Waals surface area contributed by atoms with Crippen molar-refractivity contribution in [3.63, 3.8) is 0 Å². The number of nitrogens with zero attached hydrogens (tertiary/aromatic N) is 3. The largest absolute Gasteiger partial charge is 0.467 e. The van der Waals surface area contributed by atoms with Gasteiger partial charge in [-0.25, -0.2) is 18.4 Å². The second-order valence-corrected chi connectivity index (χ2v) is 11.3. The highest BCUT2D eigenvalue weighted by Gasteiger charge is 2.25. The standard InChI is InChI=1S/C29H32N4O4S/c1-5-22-10-12-23(13-11-22)18-33(19-25-8-7-15-37-25)26-17-30-29(38(35,36)6-2)32-27(26)28(34)31-24-14-9-20(3)21(4)16-24/h7-17H,5-6,18-19H2,1-4H3,(H,31,34). The smallest absolute Gasteiger partial charge is 0.276 e. The summed E-state index contributed by atoms with van der Waals surface area (Å²) in [6, 6.07) is 17.5. The maximum absolute atomic E-state index is 13.6. The molecule has 0 aliphatic heterocycles. The molecule has 2 aromatic heterocycles. The van der Waals surface area contributed by atoms with E-state index in [1.807, 2.05) is 49.1 Å². The molecule has 0 saturated heterocycles. The Hall–Kier alpha value is -3.98. The zero-order chi connectivity index (χ0) is 27.3. The van der Waals surface area contributed by atoms with Crippen LogP contribution < -0.4 is 10.2 Å². The van der Waals surface area contributed by atoms with Gasteiger partial charge in [-0.1, -0.05) is 44.2 Å². The minimum atomic E-state index is -3.74. The molecular weight excluding hydrogens is 500 g/mol. The molecule has 0 saturated carbocycles. The fourth-order valence-corrected chi connectivity index (χ4v) is 4.67. The van der Waals surface area contributed by atoms with Crippen molar-refractivity contribution in [3.8, 4) is 0 Å². The number of carbonyl (C=O) groups is 1. The van der Waals surface area contributed by atoms with Gasteiger partial charge in [0.05, 0.1) is 30.4 Å². The van der Waals surface area contributed by atoms with Gasteiger partial charge in [0, 0.05) is 12.2 Å². The van der Waals surface area contributed by atoms with Crippen molar-refractivity contribution in [3.05, 3.63) is 101 Å². The summed E-state index contributed by atoms with van der Waals surface area (Å²) < 4.78 is 30.8. The third kappa shape index (κ3) is 6.28. The third-order valence-corrected chi connectivity index (χ3v) is 7.97. The van der Waals surface area contributed by atoms with Gasteiger partial charge in [0.1, 0.15) is 5.76 Å². The van der Waals surface area contributed by atoms with Crippen molar-refractivity contribution in [2.24, 2.45) is 0 Å². The molecule has 4 aromatic rings. The number of aromatic nitrogens is 2. The molecule has 198 valence electrons. The third-order valence-electron chi connectivity index (χ3n) is 6.46. The van der Waals surface area contributed by atoms with Crippen LogP contribution in [-0.4, -0.2) is 30.0 Å². The Kier molecular flexibility index (Phi) is 8.26. The quantitative estimate of drug-likeness (QED) is 0.269. The van der Waals surface area contributed by atoms with E-state index >= 15 is 0 Å². The number of nitrogens with one attached hydrogen (secondary N) is 1. The van der Waals surface area contributed by atoms with Gasteiger partial charge >= 0.3 is 0 Å². The van der Waals surface area contributed by atoms with Crippen LogP contribution in [-0.2, 0) is 29.3 Å². The van der Waals surface area contributed by atoms with Crippen LogP contribution in [0.1, 0.15) is 52.3 Å². The Morgan fingerprint density at radius 1 is 0.974 bits per heavy atom. The number of hydrogen-bond donors (Lipinski definition) is 1. The fourth-order valence-electron chi connectivity index (χ4n) is 3.96. The highest BCUT2D eigenvalue weighted by Crippen LogP contribution is 2.26. The molecule has 9 heteroatoms. The molecule has 38 heavy (non-hydrogen) atoms. The van der Waals surface area contributed by atoms with Crippen molar-refractivity contribution in [1.29, 1.82) is 0 Å². The summed E-state index contributed by atoms with van der Waals surface area (Å²) in [5.41, 5.74) is 5.32. The van der Waals surface area contributed by atoms with Gasteiger partial charge in [-0.2, -0.15) is 0 Å². The van der Waals surface area contributed by atoms with Gasteiger partial charge in [-0.15, -0.1) is 0 Å². The Morgan fingerprint density at radius 3 is 2.34 bits per heavy atom. The molecule has 8 nitrogen and oxygen atoms in total. The lowest BCUT2D eigenvalue weighted by molar-refractivity contribution is 0.102. The van der Waals surface area contributed by atoms with E-state index in [4.69, 9.17) is 4.42 Å². The molecule has 2 heterocycles. The summed E-state index contributed by atoms with van der Waals surface area (Å²) >= 11 is 0. The first-order valence-electron chi connectivity index (χ1n) is 12.5. The first-order chi connectivity index (χ1) is 18.2. The zero-order valence-electron chi connectivity index (χ0n) is 22.1. The molecule has 0 bridgehead atoms. The van der Waals surface area contributed by atoms with Crippen molar-refractivity contribution in [1.82, 2.24) is 9.97 Å². The molecule has 0 aliphatic rings. The van der Waals surface area contributed by atoms with Crippen molar-refractivity contribution in [2.75, 3.05) is 16.0 Å². The molecule has 0 radical (unpaired) electrons. The number of aryl methyl sites for hydroxylation is 3. The number of anilines is 2. The van der Waals surface area contributed by atoms with Crippen LogP contribution in [0.2, 0.25) is 0 Å². The first-order valence-corrected chi connectivity index (χ1v) is 14.2. The van der Waals surface area contributed by atoms with E-state index < -0.39 is 15.7 Å². The van der Waals surface area contributed by atoms with Crippen LogP contribution in [0.15, 0.2) is 76.6 Å². The monoisotopic (exact) mass is 532 g/mol. The van der Waals surface area contributed by atoms with Crippen LogP contribution in [0.5, 0.6) is 0 Å². The highest BCUT2D eigenvalue weighted by molar-refractivity contribution is 7.91. The van der Waals surface area contributed by atoms with Gasteiger partial charge in [-0.3, -0.25) is 4.79 Å². The predicted molar refractivity (Wildman–Crippen MR) is 148 cm³/mol. The molecule has 0 atom stereocenters. The Bertz CT molecular complexity index is 1510. The predicted octanol–water partition coefficient (Wildman–Crippen LogP) is 5.50. The molecule has 0 spiro atoms. The van der Waals surface area contributed by atoms with Crippen molar-refractivity contribution in [2.45, 2.75) is 52.4 Å². The van der Waals surface area contributed by atoms with E-state index in [9.17, 15) is 13.2 Å². The Morgan fingerprint density at radius 2 is 1.71 bits per heavy atom. The average Bonchev–Trinajstić information content (AvgIpc) is 3.43. The van der Waals surface area contributed by atoms with E-state index in [0.29, 0.717) is 30.2 Å². The summed E-state index contributed by atoms with van der Waals surface area (Å²) in [5.74, 6) is -0.0188. The van der Waals surface area contributed by atoms with Crippen LogP contribution in [0.3, 0.4) is 0 Å². The van der Waals surface area contributed by atoms with Crippen LogP contribution in [0.4, 0.5) is 11.4 Å². The van der Waals surface area contributed by atoms with E-state index in [2.05, 4.69) is 34.3 Å². The lowest BCUT2D eigenvalue weighted by Crippen LogP contribution is -2.27. The van der Waals surface area contributed by atoms with Crippen LogP contribution >= 0.6 is 0 Å². The maximum atomic E-state index is 13.6. The minimum absolute atomic E-state index is 0.0259. The second kappa shape index (κ2) is 11.6. The molecular formula is C29H32N4O4S.